The van der Waals surface area contributed by atoms with Crippen LogP contribution in [0.25, 0.3) is 0 Å². The van der Waals surface area contributed by atoms with Crippen molar-refractivity contribution in [2.24, 2.45) is 0 Å². The Labute approximate surface area is 107 Å². The maximum atomic E-state index is 13.6. The Kier molecular flexibility index (Phi) is 5.27. The summed E-state index contributed by atoms with van der Waals surface area (Å²) in [5.74, 6) is -1.09. The smallest absolute Gasteiger partial charge is 0.168 e. The number of nitrogens with one attached hydrogen (secondary N) is 1. The molecular weight excluding hydrogens is 238 g/mol. The van der Waals surface area contributed by atoms with Gasteiger partial charge in [0, 0.05) is 26.7 Å². The molecule has 0 unspecified atom stereocenters. The van der Waals surface area contributed by atoms with E-state index in [9.17, 15) is 8.78 Å². The molecule has 0 aromatic carbocycles. The van der Waals surface area contributed by atoms with Crippen LogP contribution in [-0.2, 0) is 0 Å². The molecule has 6 heteroatoms. The molecule has 1 N–H and O–H groups in total. The van der Waals surface area contributed by atoms with Crippen molar-refractivity contribution >= 4 is 11.6 Å². The molecule has 1 aromatic heterocycles. The van der Waals surface area contributed by atoms with Gasteiger partial charge in [-0.2, -0.15) is 0 Å². The second kappa shape index (κ2) is 6.49. The SMILES string of the molecule is CNc1nc(N(C)CCCN(C)C)c(F)cc1F. The zero-order valence-corrected chi connectivity index (χ0v) is 11.3. The highest BCUT2D eigenvalue weighted by Crippen LogP contribution is 2.21. The third-order valence-corrected chi connectivity index (χ3v) is 2.61. The van der Waals surface area contributed by atoms with Crippen molar-refractivity contribution in [2.75, 3.05) is 51.5 Å². The number of anilines is 2. The molecule has 18 heavy (non-hydrogen) atoms. The van der Waals surface area contributed by atoms with Crippen molar-refractivity contribution in [2.45, 2.75) is 6.42 Å². The fourth-order valence-electron chi connectivity index (χ4n) is 1.63. The first-order valence-corrected chi connectivity index (χ1v) is 5.85. The topological polar surface area (TPSA) is 31.4 Å². The van der Waals surface area contributed by atoms with E-state index in [0.717, 1.165) is 19.0 Å². The Morgan fingerprint density at radius 2 is 1.83 bits per heavy atom. The summed E-state index contributed by atoms with van der Waals surface area (Å²) in [4.78, 5) is 7.69. The first-order chi connectivity index (χ1) is 8.45. The molecule has 0 radical (unpaired) electrons. The number of nitrogens with zero attached hydrogens (tertiary/aromatic N) is 3. The van der Waals surface area contributed by atoms with Crippen molar-refractivity contribution in [3.8, 4) is 0 Å². The fourth-order valence-corrected chi connectivity index (χ4v) is 1.63. The maximum Gasteiger partial charge on any atom is 0.168 e. The lowest BCUT2D eigenvalue weighted by Gasteiger charge is -2.20. The highest BCUT2D eigenvalue weighted by molar-refractivity contribution is 5.48. The van der Waals surface area contributed by atoms with Crippen LogP contribution in [0.4, 0.5) is 20.4 Å². The lowest BCUT2D eigenvalue weighted by molar-refractivity contribution is 0.401. The van der Waals surface area contributed by atoms with Crippen LogP contribution < -0.4 is 10.2 Å². The Balaban J connectivity index is 2.75. The van der Waals surface area contributed by atoms with Gasteiger partial charge in [0.25, 0.3) is 0 Å². The van der Waals surface area contributed by atoms with Gasteiger partial charge in [-0.25, -0.2) is 13.8 Å². The van der Waals surface area contributed by atoms with E-state index in [4.69, 9.17) is 0 Å². The van der Waals surface area contributed by atoms with Crippen LogP contribution in [-0.4, -0.2) is 51.2 Å². The molecule has 0 amide bonds. The van der Waals surface area contributed by atoms with E-state index in [-0.39, 0.29) is 11.6 Å². The van der Waals surface area contributed by atoms with Crippen LogP contribution in [0.3, 0.4) is 0 Å². The number of rotatable bonds is 6. The summed E-state index contributed by atoms with van der Waals surface area (Å²) in [5.41, 5.74) is 0. The average Bonchev–Trinajstić information content (AvgIpc) is 2.28. The van der Waals surface area contributed by atoms with Gasteiger partial charge in [0.2, 0.25) is 0 Å². The van der Waals surface area contributed by atoms with E-state index in [0.29, 0.717) is 6.54 Å². The Morgan fingerprint density at radius 3 is 2.39 bits per heavy atom. The lowest BCUT2D eigenvalue weighted by atomic mass is 10.3. The van der Waals surface area contributed by atoms with Gasteiger partial charge in [0.1, 0.15) is 0 Å². The predicted octanol–water partition coefficient (Wildman–Crippen LogP) is 1.79. The van der Waals surface area contributed by atoms with Crippen LogP contribution in [0.1, 0.15) is 6.42 Å². The van der Waals surface area contributed by atoms with Crippen molar-refractivity contribution < 1.29 is 8.78 Å². The largest absolute Gasteiger partial charge is 0.371 e. The molecule has 0 aliphatic rings. The molecule has 0 saturated carbocycles. The minimum Gasteiger partial charge on any atom is -0.371 e. The van der Waals surface area contributed by atoms with E-state index in [1.807, 2.05) is 14.1 Å². The molecule has 0 fully saturated rings. The van der Waals surface area contributed by atoms with Crippen molar-refractivity contribution in [1.82, 2.24) is 9.88 Å². The molecule has 1 aromatic rings. The third kappa shape index (κ3) is 3.80. The van der Waals surface area contributed by atoms with Gasteiger partial charge in [-0.05, 0) is 27.1 Å². The minimum absolute atomic E-state index is 0.0610. The number of halogens is 2. The molecule has 0 aliphatic carbocycles. The molecular formula is C12H20F2N4. The summed E-state index contributed by atoms with van der Waals surface area (Å²) >= 11 is 0. The third-order valence-electron chi connectivity index (χ3n) is 2.61. The molecule has 1 heterocycles. The van der Waals surface area contributed by atoms with Gasteiger partial charge < -0.3 is 15.1 Å². The van der Waals surface area contributed by atoms with Crippen LogP contribution in [0.2, 0.25) is 0 Å². The van der Waals surface area contributed by atoms with Crippen LogP contribution in [0, 0.1) is 11.6 Å². The Bertz CT molecular complexity index is 396. The number of hydrogen-bond donors (Lipinski definition) is 1. The highest BCUT2D eigenvalue weighted by Gasteiger charge is 2.14. The molecule has 0 bridgehead atoms. The zero-order chi connectivity index (χ0) is 13.7. The van der Waals surface area contributed by atoms with E-state index in [1.165, 1.54) is 0 Å². The summed E-state index contributed by atoms with van der Waals surface area (Å²) in [6.45, 7) is 1.57. The molecule has 102 valence electrons. The van der Waals surface area contributed by atoms with E-state index in [1.54, 1.807) is 19.0 Å². The van der Waals surface area contributed by atoms with Crippen molar-refractivity contribution in [3.63, 3.8) is 0 Å². The summed E-state index contributed by atoms with van der Waals surface area (Å²) in [5, 5.41) is 2.60. The van der Waals surface area contributed by atoms with E-state index < -0.39 is 11.6 Å². The van der Waals surface area contributed by atoms with Gasteiger partial charge in [-0.1, -0.05) is 0 Å². The van der Waals surface area contributed by atoms with Gasteiger partial charge >= 0.3 is 0 Å². The van der Waals surface area contributed by atoms with Crippen LogP contribution in [0.5, 0.6) is 0 Å². The predicted molar refractivity (Wildman–Crippen MR) is 70.1 cm³/mol. The molecule has 0 saturated heterocycles. The Morgan fingerprint density at radius 1 is 1.17 bits per heavy atom. The lowest BCUT2D eigenvalue weighted by Crippen LogP contribution is -2.25. The highest BCUT2D eigenvalue weighted by atomic mass is 19.1. The summed E-state index contributed by atoms with van der Waals surface area (Å²) < 4.78 is 26.9. The number of aromatic nitrogens is 1. The second-order valence-electron chi connectivity index (χ2n) is 4.45. The molecule has 0 spiro atoms. The summed E-state index contributed by atoms with van der Waals surface area (Å²) in [6.07, 6.45) is 0.886. The zero-order valence-electron chi connectivity index (χ0n) is 11.3. The van der Waals surface area contributed by atoms with E-state index in [2.05, 4.69) is 15.2 Å². The fraction of sp³-hybridized carbons (Fsp3) is 0.583. The Hall–Kier alpha value is -1.43. The first-order valence-electron chi connectivity index (χ1n) is 5.85. The van der Waals surface area contributed by atoms with Crippen LogP contribution >= 0.6 is 0 Å². The molecule has 0 aliphatic heterocycles. The summed E-state index contributed by atoms with van der Waals surface area (Å²) in [7, 11) is 7.27. The second-order valence-corrected chi connectivity index (χ2v) is 4.45. The first kappa shape index (κ1) is 14.6. The average molecular weight is 258 g/mol. The molecule has 4 nitrogen and oxygen atoms in total. The number of pyridine rings is 1. The van der Waals surface area contributed by atoms with Crippen molar-refractivity contribution in [3.05, 3.63) is 17.7 Å². The normalized spacial score (nSPS) is 10.8. The maximum absolute atomic E-state index is 13.6. The van der Waals surface area contributed by atoms with Gasteiger partial charge in [-0.15, -0.1) is 0 Å². The van der Waals surface area contributed by atoms with Gasteiger partial charge in [-0.3, -0.25) is 0 Å². The van der Waals surface area contributed by atoms with Crippen molar-refractivity contribution in [1.29, 1.82) is 0 Å². The molecule has 0 atom stereocenters. The summed E-state index contributed by atoms with van der Waals surface area (Å²) in [6, 6.07) is 0.858. The monoisotopic (exact) mass is 258 g/mol. The minimum atomic E-state index is -0.680. The number of hydrogen-bond acceptors (Lipinski definition) is 4. The van der Waals surface area contributed by atoms with Gasteiger partial charge in [0.05, 0.1) is 0 Å². The van der Waals surface area contributed by atoms with Gasteiger partial charge in [0.15, 0.2) is 23.3 Å². The van der Waals surface area contributed by atoms with E-state index >= 15 is 0 Å². The van der Waals surface area contributed by atoms with Crippen LogP contribution in [0.15, 0.2) is 6.07 Å². The quantitative estimate of drug-likeness (QED) is 0.843. The standard InChI is InChI=1S/C12H20F2N4/c1-15-11-9(13)8-10(14)12(16-11)18(4)7-5-6-17(2)3/h8H,5-7H2,1-4H3,(H,15,16). The molecule has 1 rings (SSSR count).